The Morgan fingerprint density at radius 3 is 1.43 bits per heavy atom. The zero-order valence-corrected chi connectivity index (χ0v) is 17.4. The van der Waals surface area contributed by atoms with Gasteiger partial charge in [0, 0.05) is 0 Å². The predicted molar refractivity (Wildman–Crippen MR) is 131 cm³/mol. The Hall–Kier alpha value is -3.38. The molecular formula is C30H28. The van der Waals surface area contributed by atoms with Crippen molar-refractivity contribution in [1.82, 2.24) is 0 Å². The quantitative estimate of drug-likeness (QED) is 0.269. The second kappa shape index (κ2) is 10.4. The van der Waals surface area contributed by atoms with Gasteiger partial charge in [-0.25, -0.2) is 0 Å². The van der Waals surface area contributed by atoms with Crippen LogP contribution >= 0.6 is 0 Å². The molecule has 30 heavy (non-hydrogen) atoms. The van der Waals surface area contributed by atoms with Gasteiger partial charge in [0.1, 0.15) is 0 Å². The van der Waals surface area contributed by atoms with Crippen LogP contribution in [0, 0.1) is 0 Å². The van der Waals surface area contributed by atoms with Crippen LogP contribution in [0.3, 0.4) is 0 Å². The van der Waals surface area contributed by atoms with Crippen LogP contribution in [0.4, 0.5) is 0 Å². The summed E-state index contributed by atoms with van der Waals surface area (Å²) in [6.45, 7) is 0. The van der Waals surface area contributed by atoms with Crippen LogP contribution in [0.1, 0.15) is 28.7 Å². The second-order valence-electron chi connectivity index (χ2n) is 7.64. The minimum absolute atomic E-state index is 1.12. The molecule has 148 valence electrons. The van der Waals surface area contributed by atoms with Crippen LogP contribution in [0.15, 0.2) is 115 Å². The molecule has 0 spiro atoms. The maximum atomic E-state index is 2.24. The first-order valence-electron chi connectivity index (χ1n) is 10.8. The first-order valence-corrected chi connectivity index (χ1v) is 10.8. The van der Waals surface area contributed by atoms with Gasteiger partial charge in [0.05, 0.1) is 0 Å². The van der Waals surface area contributed by atoms with Gasteiger partial charge in [0.2, 0.25) is 0 Å². The van der Waals surface area contributed by atoms with E-state index in [0.717, 1.165) is 12.8 Å². The average Bonchev–Trinajstić information content (AvgIpc) is 2.85. The van der Waals surface area contributed by atoms with E-state index in [-0.39, 0.29) is 0 Å². The van der Waals surface area contributed by atoms with E-state index in [1.807, 2.05) is 0 Å². The molecule has 0 atom stereocenters. The van der Waals surface area contributed by atoms with Crippen molar-refractivity contribution in [2.45, 2.75) is 25.7 Å². The molecule has 0 nitrogen and oxygen atoms in total. The monoisotopic (exact) mass is 388 g/mol. The van der Waals surface area contributed by atoms with Gasteiger partial charge in [0.25, 0.3) is 0 Å². The molecule has 0 saturated carbocycles. The Kier molecular flexibility index (Phi) is 6.91. The molecule has 0 heteroatoms. The van der Waals surface area contributed by atoms with Crippen LogP contribution in [-0.2, 0) is 19.3 Å². The molecule has 0 heterocycles. The molecule has 0 fully saturated rings. The van der Waals surface area contributed by atoms with E-state index < -0.39 is 0 Å². The van der Waals surface area contributed by atoms with Crippen LogP contribution in [-0.4, -0.2) is 0 Å². The van der Waals surface area contributed by atoms with E-state index in [1.54, 1.807) is 0 Å². The lowest BCUT2D eigenvalue weighted by Crippen LogP contribution is -1.95. The number of allylic oxidation sites excluding steroid dienone is 3. The zero-order chi connectivity index (χ0) is 20.4. The third-order valence-corrected chi connectivity index (χ3v) is 5.55. The van der Waals surface area contributed by atoms with E-state index >= 15 is 0 Å². The van der Waals surface area contributed by atoms with Gasteiger partial charge in [-0.2, -0.15) is 0 Å². The minimum Gasteiger partial charge on any atom is -0.0838 e. The molecule has 2 aliphatic rings. The first kappa shape index (κ1) is 19.9. The smallest absolute Gasteiger partial charge is 0.00945 e. The third kappa shape index (κ3) is 5.36. The summed E-state index contributed by atoms with van der Waals surface area (Å²) in [5.41, 5.74) is 5.87. The van der Waals surface area contributed by atoms with Crippen LogP contribution < -0.4 is 0 Å². The van der Waals surface area contributed by atoms with E-state index in [0.29, 0.717) is 0 Å². The highest BCUT2D eigenvalue weighted by Crippen LogP contribution is 2.17. The summed E-state index contributed by atoms with van der Waals surface area (Å²) in [4.78, 5) is 0. The van der Waals surface area contributed by atoms with Crippen LogP contribution in [0.5, 0.6) is 0 Å². The van der Waals surface area contributed by atoms with Crippen molar-refractivity contribution >= 4 is 16.8 Å². The second-order valence-corrected chi connectivity index (χ2v) is 7.64. The molecule has 0 amide bonds. The summed E-state index contributed by atoms with van der Waals surface area (Å²) in [7, 11) is 0. The Labute approximate surface area is 180 Å². The standard InChI is InChI=1S/2C10H10.C10H8/c3*1-2-6-10-8-4-3-7-9(10)5-1/h1-3,5-7H,4,8H2;1-6H,7-8H2;1-8H. The average molecular weight is 389 g/mol. The van der Waals surface area contributed by atoms with Gasteiger partial charge in [-0.15, -0.1) is 0 Å². The zero-order valence-electron chi connectivity index (χ0n) is 17.4. The van der Waals surface area contributed by atoms with E-state index in [4.69, 9.17) is 0 Å². The Morgan fingerprint density at radius 2 is 0.900 bits per heavy atom. The molecule has 0 unspecified atom stereocenters. The number of rotatable bonds is 0. The molecule has 0 N–H and O–H groups in total. The molecule has 0 bridgehead atoms. The summed E-state index contributed by atoms with van der Waals surface area (Å²) in [6.07, 6.45) is 13.6. The minimum atomic E-state index is 1.12. The molecule has 0 aliphatic heterocycles. The van der Waals surface area contributed by atoms with Crippen molar-refractivity contribution in [3.8, 4) is 0 Å². The third-order valence-electron chi connectivity index (χ3n) is 5.55. The molecule has 0 radical (unpaired) electrons. The van der Waals surface area contributed by atoms with Gasteiger partial charge in [-0.3, -0.25) is 0 Å². The molecule has 0 aromatic heterocycles. The van der Waals surface area contributed by atoms with Gasteiger partial charge in [-0.05, 0) is 58.7 Å². The number of hydrogen-bond acceptors (Lipinski definition) is 0. The van der Waals surface area contributed by atoms with Gasteiger partial charge in [-0.1, -0.05) is 121 Å². The fourth-order valence-corrected chi connectivity index (χ4v) is 3.88. The Bertz CT molecular complexity index is 1050. The summed E-state index contributed by atoms with van der Waals surface area (Å²) >= 11 is 0. The van der Waals surface area contributed by atoms with E-state index in [1.165, 1.54) is 45.9 Å². The van der Waals surface area contributed by atoms with Crippen molar-refractivity contribution in [2.75, 3.05) is 0 Å². The molecule has 4 aromatic rings. The highest BCUT2D eigenvalue weighted by atomic mass is 14.1. The van der Waals surface area contributed by atoms with Crippen molar-refractivity contribution in [2.24, 2.45) is 0 Å². The summed E-state index contributed by atoms with van der Waals surface area (Å²) in [5, 5.41) is 2.62. The van der Waals surface area contributed by atoms with E-state index in [9.17, 15) is 0 Å². The maximum absolute atomic E-state index is 2.24. The van der Waals surface area contributed by atoms with Crippen LogP contribution in [0.25, 0.3) is 16.8 Å². The molecular weight excluding hydrogens is 360 g/mol. The van der Waals surface area contributed by atoms with Crippen molar-refractivity contribution in [1.29, 1.82) is 0 Å². The first-order chi connectivity index (χ1) is 14.9. The lowest BCUT2D eigenvalue weighted by molar-refractivity contribution is 0.986. The fourth-order valence-electron chi connectivity index (χ4n) is 3.88. The molecule has 6 rings (SSSR count). The van der Waals surface area contributed by atoms with Crippen LogP contribution in [0.2, 0.25) is 0 Å². The van der Waals surface area contributed by atoms with E-state index in [2.05, 4.69) is 121 Å². The maximum Gasteiger partial charge on any atom is -0.00945 e. The van der Waals surface area contributed by atoms with Gasteiger partial charge >= 0.3 is 0 Å². The van der Waals surface area contributed by atoms with Crippen molar-refractivity contribution in [3.05, 3.63) is 138 Å². The number of hydrogen-bond donors (Lipinski definition) is 0. The largest absolute Gasteiger partial charge is 0.0838 e. The highest BCUT2D eigenvalue weighted by molar-refractivity contribution is 5.82. The molecule has 4 aromatic carbocycles. The highest BCUT2D eigenvalue weighted by Gasteiger charge is 2.01. The lowest BCUT2D eigenvalue weighted by atomic mass is 9.97. The Balaban J connectivity index is 0.000000109. The molecule has 2 aliphatic carbocycles. The number of fused-ring (bicyclic) bond motifs is 3. The van der Waals surface area contributed by atoms with Gasteiger partial charge in [0.15, 0.2) is 0 Å². The fraction of sp³-hybridized carbons (Fsp3) is 0.133. The van der Waals surface area contributed by atoms with Crippen molar-refractivity contribution < 1.29 is 0 Å². The topological polar surface area (TPSA) is 0 Å². The predicted octanol–water partition coefficient (Wildman–Crippen LogP) is 7.83. The number of benzene rings is 4. The van der Waals surface area contributed by atoms with Gasteiger partial charge < -0.3 is 0 Å². The SMILES string of the molecule is C1=CCc2ccccc2C1.C1=Cc2ccccc2CC1.c1ccc2ccccc2c1. The molecule has 0 saturated heterocycles. The summed E-state index contributed by atoms with van der Waals surface area (Å²) in [5.74, 6) is 0. The summed E-state index contributed by atoms with van der Waals surface area (Å²) in [6, 6.07) is 33.9. The Morgan fingerprint density at radius 1 is 0.433 bits per heavy atom. The van der Waals surface area contributed by atoms with Crippen molar-refractivity contribution in [3.63, 3.8) is 0 Å². The number of aryl methyl sites for hydroxylation is 1. The lowest BCUT2D eigenvalue weighted by Gasteiger charge is -2.08. The summed E-state index contributed by atoms with van der Waals surface area (Å²) < 4.78 is 0. The normalized spacial score (nSPS) is 13.2.